The minimum Gasteiger partial charge on any atom is -0.367 e. The van der Waals surface area contributed by atoms with Gasteiger partial charge in [-0.05, 0) is 62.7 Å². The summed E-state index contributed by atoms with van der Waals surface area (Å²) < 4.78 is 16.1. The summed E-state index contributed by atoms with van der Waals surface area (Å²) in [4.78, 5) is 10.0. The quantitative estimate of drug-likeness (QED) is 0.237. The maximum Gasteiger partial charge on any atom is 0.210 e. The highest BCUT2D eigenvalue weighted by molar-refractivity contribution is 7.18. The van der Waals surface area contributed by atoms with Gasteiger partial charge >= 0.3 is 0 Å². The number of fused-ring (bicyclic) bond motifs is 1. The van der Waals surface area contributed by atoms with Gasteiger partial charge in [0.25, 0.3) is 0 Å². The summed E-state index contributed by atoms with van der Waals surface area (Å²) in [6.07, 6.45) is 2.27. The third-order valence-electron chi connectivity index (χ3n) is 7.95. The third kappa shape index (κ3) is 4.84. The Morgan fingerprint density at radius 3 is 2.35 bits per heavy atom. The molecule has 1 aliphatic heterocycles. The molecule has 0 amide bonds. The number of nitrogens with zero attached hydrogens (tertiary/aromatic N) is 6. The van der Waals surface area contributed by atoms with Crippen LogP contribution in [0.5, 0.6) is 0 Å². The molecule has 1 saturated carbocycles. The van der Waals surface area contributed by atoms with E-state index in [4.69, 9.17) is 4.98 Å². The average Bonchev–Trinajstić information content (AvgIpc) is 3.59. The first-order valence-corrected chi connectivity index (χ1v) is 14.8. The van der Waals surface area contributed by atoms with E-state index in [1.165, 1.54) is 17.7 Å². The standard InChI is InChI=1S/C31H32FN7S/c1-3-37-14-16-38(17-15-37)27-19-28-26(33-29(39(28)24-12-13-24)21-8-10-23(32)11-9-21)18-25(27)34-31-36-35-30(40-31)22-6-4-20(2)5-7-22/h4-11,18-19,24H,3,12-17H2,1-2H3,(H,34,36). The van der Waals surface area contributed by atoms with Crippen molar-refractivity contribution in [3.05, 3.63) is 72.0 Å². The molecular weight excluding hydrogens is 521 g/mol. The lowest BCUT2D eigenvalue weighted by Gasteiger charge is -2.36. The lowest BCUT2D eigenvalue weighted by Crippen LogP contribution is -2.46. The van der Waals surface area contributed by atoms with Crippen molar-refractivity contribution in [2.24, 2.45) is 0 Å². The Bertz CT molecular complexity index is 1650. The Balaban J connectivity index is 1.31. The lowest BCUT2D eigenvalue weighted by molar-refractivity contribution is 0.271. The van der Waals surface area contributed by atoms with Gasteiger partial charge in [0, 0.05) is 43.3 Å². The summed E-state index contributed by atoms with van der Waals surface area (Å²) in [7, 11) is 0. The monoisotopic (exact) mass is 553 g/mol. The molecule has 2 aromatic heterocycles. The van der Waals surface area contributed by atoms with Crippen LogP contribution in [0.2, 0.25) is 0 Å². The van der Waals surface area contributed by atoms with Crippen molar-refractivity contribution in [3.63, 3.8) is 0 Å². The van der Waals surface area contributed by atoms with Crippen LogP contribution >= 0.6 is 11.3 Å². The average molecular weight is 554 g/mol. The fourth-order valence-electron chi connectivity index (χ4n) is 5.50. The van der Waals surface area contributed by atoms with Crippen LogP contribution in [-0.4, -0.2) is 57.4 Å². The summed E-state index contributed by atoms with van der Waals surface area (Å²) in [6, 6.07) is 19.9. The Morgan fingerprint density at radius 1 is 0.925 bits per heavy atom. The van der Waals surface area contributed by atoms with E-state index in [2.05, 4.69) is 80.1 Å². The Hall–Kier alpha value is -3.82. The van der Waals surface area contributed by atoms with Crippen molar-refractivity contribution in [2.45, 2.75) is 32.7 Å². The predicted molar refractivity (Wildman–Crippen MR) is 161 cm³/mol. The van der Waals surface area contributed by atoms with Crippen molar-refractivity contribution < 1.29 is 4.39 Å². The van der Waals surface area contributed by atoms with Crippen molar-refractivity contribution in [1.29, 1.82) is 0 Å². The third-order valence-corrected chi connectivity index (χ3v) is 8.83. The van der Waals surface area contributed by atoms with Gasteiger partial charge in [0.1, 0.15) is 16.6 Å². The van der Waals surface area contributed by atoms with Gasteiger partial charge in [0.05, 0.1) is 22.4 Å². The number of piperazine rings is 1. The topological polar surface area (TPSA) is 62.1 Å². The number of rotatable bonds is 7. The number of halogens is 1. The zero-order chi connectivity index (χ0) is 27.2. The number of aryl methyl sites for hydroxylation is 1. The van der Waals surface area contributed by atoms with Crippen LogP contribution in [-0.2, 0) is 0 Å². The van der Waals surface area contributed by atoms with E-state index in [0.717, 1.165) is 95.1 Å². The van der Waals surface area contributed by atoms with Crippen LogP contribution < -0.4 is 10.2 Å². The second kappa shape index (κ2) is 10.3. The molecule has 0 bridgehead atoms. The van der Waals surface area contributed by atoms with Crippen molar-refractivity contribution in [2.75, 3.05) is 42.9 Å². The van der Waals surface area contributed by atoms with Gasteiger partial charge < -0.3 is 19.7 Å². The number of benzene rings is 3. The van der Waals surface area contributed by atoms with E-state index >= 15 is 0 Å². The summed E-state index contributed by atoms with van der Waals surface area (Å²) in [5.41, 5.74) is 7.40. The Kier molecular flexibility index (Phi) is 6.48. The zero-order valence-electron chi connectivity index (χ0n) is 22.8. The molecule has 204 valence electrons. The number of hydrogen-bond donors (Lipinski definition) is 1. The highest BCUT2D eigenvalue weighted by Gasteiger charge is 2.30. The van der Waals surface area contributed by atoms with Crippen LogP contribution in [0.25, 0.3) is 33.0 Å². The van der Waals surface area contributed by atoms with Gasteiger partial charge in [-0.15, -0.1) is 10.2 Å². The Morgan fingerprint density at radius 2 is 1.65 bits per heavy atom. The minimum absolute atomic E-state index is 0.236. The van der Waals surface area contributed by atoms with Crippen LogP contribution in [0, 0.1) is 12.7 Å². The fourth-order valence-corrected chi connectivity index (χ4v) is 6.27. The zero-order valence-corrected chi connectivity index (χ0v) is 23.6. The molecule has 0 spiro atoms. The molecule has 40 heavy (non-hydrogen) atoms. The highest BCUT2D eigenvalue weighted by atomic mass is 32.1. The largest absolute Gasteiger partial charge is 0.367 e. The molecule has 9 heteroatoms. The smallest absolute Gasteiger partial charge is 0.210 e. The SMILES string of the molecule is CCN1CCN(c2cc3c(cc2Nc2nnc(-c4ccc(C)cc4)s2)nc(-c2ccc(F)cc2)n3C2CC2)CC1. The lowest BCUT2D eigenvalue weighted by atomic mass is 10.2. The van der Waals surface area contributed by atoms with E-state index in [1.807, 2.05) is 12.1 Å². The van der Waals surface area contributed by atoms with Gasteiger partial charge in [-0.2, -0.15) is 0 Å². The molecule has 3 aromatic carbocycles. The van der Waals surface area contributed by atoms with Gasteiger partial charge in [-0.3, -0.25) is 0 Å². The molecule has 1 N–H and O–H groups in total. The van der Waals surface area contributed by atoms with Crippen molar-refractivity contribution in [3.8, 4) is 22.0 Å². The first-order valence-electron chi connectivity index (χ1n) is 14.0. The number of aromatic nitrogens is 4. The van der Waals surface area contributed by atoms with E-state index in [9.17, 15) is 4.39 Å². The Labute approximate surface area is 237 Å². The molecule has 7 nitrogen and oxygen atoms in total. The van der Waals surface area contributed by atoms with Crippen molar-refractivity contribution in [1.82, 2.24) is 24.6 Å². The highest BCUT2D eigenvalue weighted by Crippen LogP contribution is 2.44. The van der Waals surface area contributed by atoms with Crippen LogP contribution in [0.15, 0.2) is 60.7 Å². The van der Waals surface area contributed by atoms with Gasteiger partial charge in [-0.25, -0.2) is 9.37 Å². The molecule has 0 unspecified atom stereocenters. The maximum atomic E-state index is 13.7. The van der Waals surface area contributed by atoms with Crippen LogP contribution in [0.1, 0.15) is 31.4 Å². The number of nitrogens with one attached hydrogen (secondary N) is 1. The molecule has 3 heterocycles. The number of likely N-dealkylation sites (N-methyl/N-ethyl adjacent to an activating group) is 1. The van der Waals surface area contributed by atoms with Gasteiger partial charge in [0.15, 0.2) is 0 Å². The fraction of sp³-hybridized carbons (Fsp3) is 0.323. The summed E-state index contributed by atoms with van der Waals surface area (Å²) in [6.45, 7) is 9.37. The summed E-state index contributed by atoms with van der Waals surface area (Å²) in [5, 5.41) is 14.2. The normalized spacial score (nSPS) is 16.1. The predicted octanol–water partition coefficient (Wildman–Crippen LogP) is 6.89. The second-order valence-electron chi connectivity index (χ2n) is 10.7. The number of hydrogen-bond acceptors (Lipinski definition) is 7. The van der Waals surface area contributed by atoms with Gasteiger partial charge in [0.2, 0.25) is 5.13 Å². The van der Waals surface area contributed by atoms with Crippen LogP contribution in [0.3, 0.4) is 0 Å². The van der Waals surface area contributed by atoms with E-state index < -0.39 is 0 Å². The number of imidazole rings is 1. The molecule has 2 aliphatic rings. The second-order valence-corrected chi connectivity index (χ2v) is 11.7. The molecule has 7 rings (SSSR count). The molecule has 0 radical (unpaired) electrons. The van der Waals surface area contributed by atoms with Crippen molar-refractivity contribution >= 4 is 38.9 Å². The van der Waals surface area contributed by atoms with Gasteiger partial charge in [-0.1, -0.05) is 48.1 Å². The first kappa shape index (κ1) is 25.2. The number of anilines is 3. The molecule has 1 aliphatic carbocycles. The first-order chi connectivity index (χ1) is 19.6. The van der Waals surface area contributed by atoms with E-state index in [1.54, 1.807) is 11.3 Å². The molecule has 2 fully saturated rings. The minimum atomic E-state index is -0.236. The molecule has 0 atom stereocenters. The maximum absolute atomic E-state index is 13.7. The molecular formula is C31H32FN7S. The van der Waals surface area contributed by atoms with Crippen LogP contribution in [0.4, 0.5) is 20.9 Å². The van der Waals surface area contributed by atoms with E-state index in [0.29, 0.717) is 6.04 Å². The van der Waals surface area contributed by atoms with E-state index in [-0.39, 0.29) is 5.82 Å². The molecule has 1 saturated heterocycles. The summed E-state index contributed by atoms with van der Waals surface area (Å²) >= 11 is 1.55. The summed E-state index contributed by atoms with van der Waals surface area (Å²) in [5.74, 6) is 0.661. The molecule has 5 aromatic rings.